The summed E-state index contributed by atoms with van der Waals surface area (Å²) in [5.41, 5.74) is 1.55. The molecule has 7 nitrogen and oxygen atoms in total. The van der Waals surface area contributed by atoms with E-state index in [0.29, 0.717) is 27.5 Å². The van der Waals surface area contributed by atoms with Crippen LogP contribution in [0.5, 0.6) is 5.75 Å². The van der Waals surface area contributed by atoms with Crippen LogP contribution in [-0.4, -0.2) is 33.2 Å². The molecule has 0 aliphatic heterocycles. The van der Waals surface area contributed by atoms with Crippen LogP contribution in [0.1, 0.15) is 25.4 Å². The van der Waals surface area contributed by atoms with Crippen LogP contribution >= 0.6 is 23.1 Å². The van der Waals surface area contributed by atoms with E-state index in [-0.39, 0.29) is 5.91 Å². The molecule has 0 aliphatic carbocycles. The maximum Gasteiger partial charge on any atom is 0.230 e. The van der Waals surface area contributed by atoms with Gasteiger partial charge in [0.05, 0.1) is 18.5 Å². The van der Waals surface area contributed by atoms with Gasteiger partial charge in [-0.3, -0.25) is 14.8 Å². The highest BCUT2D eigenvalue weighted by molar-refractivity contribution is 7.98. The number of H-pyrrole nitrogens is 1. The van der Waals surface area contributed by atoms with Crippen molar-refractivity contribution in [3.63, 3.8) is 0 Å². The van der Waals surface area contributed by atoms with E-state index >= 15 is 0 Å². The van der Waals surface area contributed by atoms with Gasteiger partial charge in [-0.25, -0.2) is 9.97 Å². The van der Waals surface area contributed by atoms with Gasteiger partial charge in [0.25, 0.3) is 0 Å². The quantitative estimate of drug-likeness (QED) is 0.619. The number of hydrogen-bond donors (Lipinski definition) is 1. The van der Waals surface area contributed by atoms with Crippen molar-refractivity contribution in [2.75, 3.05) is 12.0 Å². The average Bonchev–Trinajstić information content (AvgIpc) is 3.29. The van der Waals surface area contributed by atoms with E-state index in [4.69, 9.17) is 4.74 Å². The Morgan fingerprint density at radius 2 is 2.15 bits per heavy atom. The molecule has 0 spiro atoms. The Morgan fingerprint density at radius 3 is 2.85 bits per heavy atom. The minimum absolute atomic E-state index is 0.121. The molecule has 26 heavy (non-hydrogen) atoms. The predicted molar refractivity (Wildman–Crippen MR) is 103 cm³/mol. The highest BCUT2D eigenvalue weighted by Crippen LogP contribution is 2.36. The Morgan fingerprint density at radius 1 is 1.35 bits per heavy atom. The van der Waals surface area contributed by atoms with Crippen LogP contribution in [0.3, 0.4) is 0 Å². The summed E-state index contributed by atoms with van der Waals surface area (Å²) in [6.07, 6.45) is 0.820. The number of ether oxygens (including phenoxy) is 1. The molecule has 0 saturated carbocycles. The summed E-state index contributed by atoms with van der Waals surface area (Å²) >= 11 is 2.93. The minimum atomic E-state index is -0.121. The summed E-state index contributed by atoms with van der Waals surface area (Å²) in [5.74, 6) is 2.01. The Hall–Kier alpha value is -2.39. The second-order valence-corrected chi connectivity index (χ2v) is 7.13. The third-order valence-corrected chi connectivity index (χ3v) is 5.32. The van der Waals surface area contributed by atoms with E-state index in [0.717, 1.165) is 17.9 Å². The Bertz CT molecular complexity index is 893. The molecule has 0 bridgehead atoms. The monoisotopic (exact) mass is 389 g/mol. The van der Waals surface area contributed by atoms with Crippen LogP contribution in [0.4, 0.5) is 10.8 Å². The number of benzene rings is 1. The number of aromatic amines is 1. The maximum atomic E-state index is 12.2. The van der Waals surface area contributed by atoms with Crippen LogP contribution in [0, 0.1) is 0 Å². The number of rotatable bonds is 7. The van der Waals surface area contributed by atoms with Gasteiger partial charge >= 0.3 is 0 Å². The number of nitrogens with one attached hydrogen (secondary N) is 1. The van der Waals surface area contributed by atoms with Crippen molar-refractivity contribution in [2.24, 2.45) is 0 Å². The first kappa shape index (κ1) is 18.4. The van der Waals surface area contributed by atoms with Crippen LogP contribution < -0.4 is 9.64 Å². The predicted octanol–water partition coefficient (Wildman–Crippen LogP) is 3.81. The van der Waals surface area contributed by atoms with Gasteiger partial charge in [-0.1, -0.05) is 30.8 Å². The second-order valence-electron chi connectivity index (χ2n) is 5.35. The lowest BCUT2D eigenvalue weighted by Crippen LogP contribution is -2.23. The summed E-state index contributed by atoms with van der Waals surface area (Å²) in [5, 5.41) is 10.3. The van der Waals surface area contributed by atoms with E-state index in [1.807, 2.05) is 36.6 Å². The van der Waals surface area contributed by atoms with Crippen molar-refractivity contribution in [1.82, 2.24) is 20.2 Å². The standard InChI is InChI=1S/C17H19N5O2S2/c1-4-15-19-16(21-20-15)25-9-12-10-26-17(18-12)22(11(2)23)13-7-5-6-8-14(13)24-3/h5-8,10H,4,9H2,1-3H3,(H,19,20,21). The molecule has 2 heterocycles. The molecule has 0 aliphatic rings. The number of methoxy groups -OCH3 is 1. The molecule has 1 N–H and O–H groups in total. The average molecular weight is 390 g/mol. The number of hydrogen-bond acceptors (Lipinski definition) is 7. The summed E-state index contributed by atoms with van der Waals surface area (Å²) in [4.78, 5) is 22.8. The first-order valence-electron chi connectivity index (χ1n) is 8.04. The highest BCUT2D eigenvalue weighted by Gasteiger charge is 2.21. The van der Waals surface area contributed by atoms with Crippen molar-refractivity contribution in [3.05, 3.63) is 41.2 Å². The molecule has 1 amide bonds. The van der Waals surface area contributed by atoms with Crippen molar-refractivity contribution in [3.8, 4) is 5.75 Å². The molecule has 2 aromatic heterocycles. The number of carbonyl (C=O) groups is 1. The first-order chi connectivity index (χ1) is 12.6. The van der Waals surface area contributed by atoms with Gasteiger partial charge in [-0.05, 0) is 12.1 Å². The first-order valence-corrected chi connectivity index (χ1v) is 9.91. The zero-order chi connectivity index (χ0) is 18.5. The molecule has 9 heteroatoms. The number of thioether (sulfide) groups is 1. The van der Waals surface area contributed by atoms with Gasteiger partial charge in [0.15, 0.2) is 5.13 Å². The van der Waals surface area contributed by atoms with Crippen LogP contribution in [0.2, 0.25) is 0 Å². The summed E-state index contributed by atoms with van der Waals surface area (Å²) in [7, 11) is 1.59. The van der Waals surface area contributed by atoms with Crippen molar-refractivity contribution in [2.45, 2.75) is 31.2 Å². The van der Waals surface area contributed by atoms with Crippen molar-refractivity contribution < 1.29 is 9.53 Å². The molecule has 0 atom stereocenters. The third kappa shape index (κ3) is 4.05. The molecule has 3 rings (SSSR count). The van der Waals surface area contributed by atoms with Crippen LogP contribution in [0.25, 0.3) is 0 Å². The summed E-state index contributed by atoms with van der Waals surface area (Å²) in [6, 6.07) is 7.40. The number of aromatic nitrogens is 4. The summed E-state index contributed by atoms with van der Waals surface area (Å²) < 4.78 is 5.38. The lowest BCUT2D eigenvalue weighted by molar-refractivity contribution is -0.115. The molecule has 0 radical (unpaired) electrons. The zero-order valence-corrected chi connectivity index (χ0v) is 16.4. The number of thiazole rings is 1. The maximum absolute atomic E-state index is 12.2. The topological polar surface area (TPSA) is 84.0 Å². The number of aryl methyl sites for hydroxylation is 1. The minimum Gasteiger partial charge on any atom is -0.495 e. The van der Waals surface area contributed by atoms with E-state index in [2.05, 4.69) is 20.2 Å². The van der Waals surface area contributed by atoms with E-state index in [9.17, 15) is 4.79 Å². The van der Waals surface area contributed by atoms with Gasteiger partial charge in [-0.2, -0.15) is 0 Å². The number of anilines is 2. The second kappa shape index (κ2) is 8.33. The molecular formula is C17H19N5O2S2. The number of amides is 1. The van der Waals surface area contributed by atoms with Crippen molar-refractivity contribution in [1.29, 1.82) is 0 Å². The van der Waals surface area contributed by atoms with Gasteiger partial charge in [0.1, 0.15) is 11.6 Å². The molecule has 136 valence electrons. The van der Waals surface area contributed by atoms with Crippen molar-refractivity contribution >= 4 is 39.8 Å². The lowest BCUT2D eigenvalue weighted by Gasteiger charge is -2.20. The zero-order valence-electron chi connectivity index (χ0n) is 14.7. The number of para-hydroxylation sites is 2. The van der Waals surface area contributed by atoms with Gasteiger partial charge in [0, 0.05) is 24.5 Å². The highest BCUT2D eigenvalue weighted by atomic mass is 32.2. The molecule has 0 fully saturated rings. The lowest BCUT2D eigenvalue weighted by atomic mass is 10.2. The van der Waals surface area contributed by atoms with Crippen LogP contribution in [0.15, 0.2) is 34.8 Å². The molecule has 0 saturated heterocycles. The molecule has 3 aromatic rings. The fourth-order valence-corrected chi connectivity index (χ4v) is 4.02. The fourth-order valence-electron chi connectivity index (χ4n) is 2.33. The Balaban J connectivity index is 1.78. The number of nitrogens with zero attached hydrogens (tertiary/aromatic N) is 4. The van der Waals surface area contributed by atoms with Gasteiger partial charge in [-0.15, -0.1) is 16.4 Å². The molecule has 0 unspecified atom stereocenters. The summed E-state index contributed by atoms with van der Waals surface area (Å²) in [6.45, 7) is 3.54. The van der Waals surface area contributed by atoms with Crippen LogP contribution in [-0.2, 0) is 17.0 Å². The molecule has 1 aromatic carbocycles. The van der Waals surface area contributed by atoms with Gasteiger partial charge < -0.3 is 4.74 Å². The molecular weight excluding hydrogens is 370 g/mol. The normalized spacial score (nSPS) is 10.7. The fraction of sp³-hybridized carbons (Fsp3) is 0.294. The smallest absolute Gasteiger partial charge is 0.230 e. The third-order valence-electron chi connectivity index (χ3n) is 3.57. The van der Waals surface area contributed by atoms with Gasteiger partial charge in [0.2, 0.25) is 11.1 Å². The van der Waals surface area contributed by atoms with E-state index in [1.54, 1.807) is 12.0 Å². The SMILES string of the molecule is CCc1nc(SCc2csc(N(C(C)=O)c3ccccc3OC)n2)n[nH]1. The van der Waals surface area contributed by atoms with E-state index < -0.39 is 0 Å². The largest absolute Gasteiger partial charge is 0.495 e. The Kier molecular flexibility index (Phi) is 5.89. The van der Waals surface area contributed by atoms with E-state index in [1.165, 1.54) is 30.0 Å². The Labute approximate surface area is 159 Å². The number of carbonyl (C=O) groups excluding carboxylic acids is 1.